The van der Waals surface area contributed by atoms with E-state index in [0.717, 1.165) is 6.54 Å². The molecule has 6 nitrogen and oxygen atoms in total. The maximum Gasteiger partial charge on any atom is 0.322 e. The van der Waals surface area contributed by atoms with Crippen LogP contribution in [0.3, 0.4) is 0 Å². The highest BCUT2D eigenvalue weighted by molar-refractivity contribution is 6.28. The summed E-state index contributed by atoms with van der Waals surface area (Å²) in [6.07, 6.45) is 0. The first kappa shape index (κ1) is 15.9. The summed E-state index contributed by atoms with van der Waals surface area (Å²) in [5, 5.41) is 3.41. The van der Waals surface area contributed by atoms with E-state index in [9.17, 15) is 0 Å². The van der Waals surface area contributed by atoms with E-state index in [-0.39, 0.29) is 17.3 Å². The number of aromatic nitrogens is 3. The van der Waals surface area contributed by atoms with Crippen LogP contribution in [0.4, 0.5) is 5.95 Å². The van der Waals surface area contributed by atoms with Crippen LogP contribution in [0.1, 0.15) is 20.8 Å². The molecule has 1 rings (SSSR count). The van der Waals surface area contributed by atoms with E-state index in [0.29, 0.717) is 18.5 Å². The highest BCUT2D eigenvalue weighted by atomic mass is 35.5. The Morgan fingerprint density at radius 3 is 2.47 bits per heavy atom. The molecule has 7 heteroatoms. The normalized spacial score (nSPS) is 12.8. The summed E-state index contributed by atoms with van der Waals surface area (Å²) in [4.78, 5) is 14.3. The molecule has 0 aliphatic carbocycles. The molecule has 0 radical (unpaired) electrons. The van der Waals surface area contributed by atoms with E-state index in [4.69, 9.17) is 16.3 Å². The number of hydrogen-bond acceptors (Lipinski definition) is 6. The standard InChI is InChI=1S/C12H22ClN5O/c1-6-19-12-16-10(13)15-11(17-12)14-9(8(2)3)7-18(4)5/h8-9H,6-7H2,1-5H3,(H,14,15,16,17). The summed E-state index contributed by atoms with van der Waals surface area (Å²) in [5.74, 6) is 0.887. The molecule has 1 N–H and O–H groups in total. The summed E-state index contributed by atoms with van der Waals surface area (Å²) < 4.78 is 5.25. The Bertz CT molecular complexity index is 400. The third kappa shape index (κ3) is 5.57. The second kappa shape index (κ2) is 7.45. The lowest BCUT2D eigenvalue weighted by atomic mass is 10.0. The van der Waals surface area contributed by atoms with E-state index in [1.165, 1.54) is 0 Å². The van der Waals surface area contributed by atoms with Crippen LogP contribution < -0.4 is 10.1 Å². The first-order chi connectivity index (χ1) is 8.92. The fraction of sp³-hybridized carbons (Fsp3) is 0.750. The Labute approximate surface area is 119 Å². The number of hydrogen-bond donors (Lipinski definition) is 1. The van der Waals surface area contributed by atoms with Crippen molar-refractivity contribution in [3.05, 3.63) is 5.28 Å². The lowest BCUT2D eigenvalue weighted by Crippen LogP contribution is -2.37. The SMILES string of the molecule is CCOc1nc(Cl)nc(NC(CN(C)C)C(C)C)n1. The zero-order chi connectivity index (χ0) is 14.4. The van der Waals surface area contributed by atoms with Crippen molar-refractivity contribution in [1.29, 1.82) is 0 Å². The monoisotopic (exact) mass is 287 g/mol. The van der Waals surface area contributed by atoms with Gasteiger partial charge in [0, 0.05) is 12.6 Å². The first-order valence-electron chi connectivity index (χ1n) is 6.38. The highest BCUT2D eigenvalue weighted by Crippen LogP contribution is 2.14. The van der Waals surface area contributed by atoms with Gasteiger partial charge in [-0.05, 0) is 38.5 Å². The molecule has 0 aromatic carbocycles. The fourth-order valence-electron chi connectivity index (χ4n) is 1.57. The van der Waals surface area contributed by atoms with Gasteiger partial charge >= 0.3 is 6.01 Å². The Balaban J connectivity index is 2.83. The Hall–Kier alpha value is -1.14. The van der Waals surface area contributed by atoms with Crippen LogP contribution >= 0.6 is 11.6 Å². The van der Waals surface area contributed by atoms with Crippen LogP contribution in [0.5, 0.6) is 6.01 Å². The molecular weight excluding hydrogens is 266 g/mol. The Kier molecular flexibility index (Phi) is 6.24. The number of nitrogens with zero attached hydrogens (tertiary/aromatic N) is 4. The molecule has 0 fully saturated rings. The minimum atomic E-state index is 0.133. The minimum Gasteiger partial charge on any atom is -0.464 e. The smallest absolute Gasteiger partial charge is 0.322 e. The molecule has 0 aliphatic heterocycles. The topological polar surface area (TPSA) is 63.2 Å². The maximum atomic E-state index is 5.86. The average molecular weight is 288 g/mol. The summed E-state index contributed by atoms with van der Waals surface area (Å²) >= 11 is 5.86. The van der Waals surface area contributed by atoms with Gasteiger partial charge in [-0.3, -0.25) is 0 Å². The number of ether oxygens (including phenoxy) is 1. The van der Waals surface area contributed by atoms with Crippen LogP contribution in [0.15, 0.2) is 0 Å². The van der Waals surface area contributed by atoms with Gasteiger partial charge in [-0.1, -0.05) is 13.8 Å². The quantitative estimate of drug-likeness (QED) is 0.827. The zero-order valence-electron chi connectivity index (χ0n) is 12.1. The van der Waals surface area contributed by atoms with E-state index >= 15 is 0 Å². The van der Waals surface area contributed by atoms with E-state index < -0.39 is 0 Å². The maximum absolute atomic E-state index is 5.86. The Morgan fingerprint density at radius 1 is 1.26 bits per heavy atom. The molecule has 0 aliphatic rings. The van der Waals surface area contributed by atoms with Gasteiger partial charge in [0.2, 0.25) is 11.2 Å². The van der Waals surface area contributed by atoms with Crippen molar-refractivity contribution in [2.45, 2.75) is 26.8 Å². The van der Waals surface area contributed by atoms with Crippen molar-refractivity contribution in [3.63, 3.8) is 0 Å². The van der Waals surface area contributed by atoms with Crippen molar-refractivity contribution in [2.75, 3.05) is 32.6 Å². The molecule has 108 valence electrons. The molecule has 1 aromatic heterocycles. The van der Waals surface area contributed by atoms with Crippen LogP contribution in [0.2, 0.25) is 5.28 Å². The third-order valence-corrected chi connectivity index (χ3v) is 2.71. The highest BCUT2D eigenvalue weighted by Gasteiger charge is 2.16. The van der Waals surface area contributed by atoms with Gasteiger partial charge in [-0.25, -0.2) is 0 Å². The molecule has 19 heavy (non-hydrogen) atoms. The Morgan fingerprint density at radius 2 is 1.95 bits per heavy atom. The molecule has 1 heterocycles. The number of anilines is 1. The number of nitrogens with one attached hydrogen (secondary N) is 1. The zero-order valence-corrected chi connectivity index (χ0v) is 12.9. The van der Waals surface area contributed by atoms with Gasteiger partial charge < -0.3 is 15.0 Å². The van der Waals surface area contributed by atoms with Crippen LogP contribution in [0, 0.1) is 5.92 Å². The summed E-state index contributed by atoms with van der Waals surface area (Å²) in [5.41, 5.74) is 0. The van der Waals surface area contributed by atoms with E-state index in [1.807, 2.05) is 21.0 Å². The van der Waals surface area contributed by atoms with E-state index in [1.54, 1.807) is 0 Å². The van der Waals surface area contributed by atoms with Crippen LogP contribution in [-0.2, 0) is 0 Å². The molecular formula is C12H22ClN5O. The molecule has 0 saturated carbocycles. The lowest BCUT2D eigenvalue weighted by Gasteiger charge is -2.25. The summed E-state index contributed by atoms with van der Waals surface area (Å²) in [6, 6.07) is 0.473. The van der Waals surface area contributed by atoms with Gasteiger partial charge in [0.05, 0.1) is 6.61 Å². The molecule has 0 amide bonds. The van der Waals surface area contributed by atoms with Crippen molar-refractivity contribution in [2.24, 2.45) is 5.92 Å². The molecule has 1 aromatic rings. The van der Waals surface area contributed by atoms with Crippen LogP contribution in [0.25, 0.3) is 0 Å². The molecule has 0 bridgehead atoms. The lowest BCUT2D eigenvalue weighted by molar-refractivity contribution is 0.310. The molecule has 0 saturated heterocycles. The van der Waals surface area contributed by atoms with Crippen molar-refractivity contribution >= 4 is 17.5 Å². The van der Waals surface area contributed by atoms with Gasteiger partial charge in [-0.15, -0.1) is 0 Å². The minimum absolute atomic E-state index is 0.133. The van der Waals surface area contributed by atoms with Crippen molar-refractivity contribution in [1.82, 2.24) is 19.9 Å². The number of rotatable bonds is 7. The predicted molar refractivity (Wildman–Crippen MR) is 76.8 cm³/mol. The van der Waals surface area contributed by atoms with Crippen LogP contribution in [-0.4, -0.2) is 53.1 Å². The van der Waals surface area contributed by atoms with Crippen molar-refractivity contribution < 1.29 is 4.74 Å². The first-order valence-corrected chi connectivity index (χ1v) is 6.75. The average Bonchev–Trinajstić information content (AvgIpc) is 2.27. The second-order valence-corrected chi connectivity index (χ2v) is 5.24. The number of likely N-dealkylation sites (N-methyl/N-ethyl adjacent to an activating group) is 1. The van der Waals surface area contributed by atoms with Gasteiger partial charge in [-0.2, -0.15) is 15.0 Å². The van der Waals surface area contributed by atoms with Crippen molar-refractivity contribution in [3.8, 4) is 6.01 Å². The largest absolute Gasteiger partial charge is 0.464 e. The summed E-state index contributed by atoms with van der Waals surface area (Å²) in [6.45, 7) is 7.53. The number of halogens is 1. The predicted octanol–water partition coefficient (Wildman–Crippen LogP) is 1.92. The summed E-state index contributed by atoms with van der Waals surface area (Å²) in [7, 11) is 4.06. The van der Waals surface area contributed by atoms with E-state index in [2.05, 4.69) is 39.0 Å². The third-order valence-electron chi connectivity index (χ3n) is 2.54. The molecule has 1 unspecified atom stereocenters. The molecule has 1 atom stereocenters. The fourth-order valence-corrected chi connectivity index (χ4v) is 1.72. The van der Waals surface area contributed by atoms with Gasteiger partial charge in [0.1, 0.15) is 0 Å². The second-order valence-electron chi connectivity index (χ2n) is 4.90. The van der Waals surface area contributed by atoms with Gasteiger partial charge in [0.15, 0.2) is 0 Å². The molecule has 0 spiro atoms. The van der Waals surface area contributed by atoms with Gasteiger partial charge in [0.25, 0.3) is 0 Å².